The first-order valence-corrected chi connectivity index (χ1v) is 14.7. The zero-order valence-corrected chi connectivity index (χ0v) is 22.2. The number of hydrogen-bond donors (Lipinski definition) is 2. The molecule has 0 saturated carbocycles. The summed E-state index contributed by atoms with van der Waals surface area (Å²) in [7, 11) is -3.59. The van der Waals surface area contributed by atoms with Gasteiger partial charge in [-0.3, -0.25) is 9.52 Å². The highest BCUT2D eigenvalue weighted by molar-refractivity contribution is 8.00. The van der Waals surface area contributed by atoms with Gasteiger partial charge in [-0.05, 0) is 73.8 Å². The first-order chi connectivity index (χ1) is 17.4. The standard InChI is InChI=1S/C27H25N3O3S3/c1-3-30-24-8-5-4-7-22(24)23-17-20(12-15-25(23)30)28-27(31)18(2)35-21-13-10-19(11-14-21)29-36(32,33)26-9-6-16-34-26/h4-18,29H,3H2,1-2H3,(H,28,31). The number of fused-ring (bicyclic) bond motifs is 3. The number of hydrogen-bond acceptors (Lipinski definition) is 5. The largest absolute Gasteiger partial charge is 0.341 e. The van der Waals surface area contributed by atoms with E-state index in [0.29, 0.717) is 5.69 Å². The highest BCUT2D eigenvalue weighted by Gasteiger charge is 2.18. The fraction of sp³-hybridized carbons (Fsp3) is 0.148. The van der Waals surface area contributed by atoms with Gasteiger partial charge in [-0.25, -0.2) is 8.42 Å². The average Bonchev–Trinajstić information content (AvgIpc) is 3.52. The molecule has 2 N–H and O–H groups in total. The van der Waals surface area contributed by atoms with E-state index in [1.807, 2.05) is 43.3 Å². The van der Waals surface area contributed by atoms with Gasteiger partial charge in [-0.2, -0.15) is 0 Å². The molecule has 0 spiro atoms. The van der Waals surface area contributed by atoms with E-state index >= 15 is 0 Å². The third kappa shape index (κ3) is 4.86. The van der Waals surface area contributed by atoms with Crippen LogP contribution in [-0.2, 0) is 21.4 Å². The molecule has 0 fully saturated rings. The van der Waals surface area contributed by atoms with Crippen LogP contribution >= 0.6 is 23.1 Å². The quantitative estimate of drug-likeness (QED) is 0.214. The van der Waals surface area contributed by atoms with E-state index in [1.165, 1.54) is 34.0 Å². The smallest absolute Gasteiger partial charge is 0.271 e. The van der Waals surface area contributed by atoms with Crippen LogP contribution in [0.25, 0.3) is 21.8 Å². The summed E-state index contributed by atoms with van der Waals surface area (Å²) < 4.78 is 29.9. The van der Waals surface area contributed by atoms with Gasteiger partial charge in [0.1, 0.15) is 4.21 Å². The van der Waals surface area contributed by atoms with Gasteiger partial charge in [-0.1, -0.05) is 24.3 Å². The zero-order chi connectivity index (χ0) is 25.3. The van der Waals surface area contributed by atoms with Crippen molar-refractivity contribution in [2.24, 2.45) is 0 Å². The minimum absolute atomic E-state index is 0.0962. The molecular formula is C27H25N3O3S3. The predicted molar refractivity (Wildman–Crippen MR) is 151 cm³/mol. The van der Waals surface area contributed by atoms with Crippen molar-refractivity contribution in [1.29, 1.82) is 0 Å². The van der Waals surface area contributed by atoms with Crippen molar-refractivity contribution >= 4 is 72.2 Å². The molecule has 0 aliphatic rings. The van der Waals surface area contributed by atoms with Crippen LogP contribution in [0.15, 0.2) is 93.3 Å². The number of benzene rings is 3. The minimum atomic E-state index is -3.59. The molecule has 0 bridgehead atoms. The average molecular weight is 536 g/mol. The zero-order valence-electron chi connectivity index (χ0n) is 19.8. The first-order valence-electron chi connectivity index (χ1n) is 11.5. The summed E-state index contributed by atoms with van der Waals surface area (Å²) in [5.74, 6) is -0.0962. The Balaban J connectivity index is 1.26. The Morgan fingerprint density at radius 1 is 0.944 bits per heavy atom. The van der Waals surface area contributed by atoms with Crippen LogP contribution in [0.2, 0.25) is 0 Å². The molecule has 2 heterocycles. The number of aryl methyl sites for hydroxylation is 1. The number of thioether (sulfide) groups is 1. The highest BCUT2D eigenvalue weighted by Crippen LogP contribution is 2.32. The summed E-state index contributed by atoms with van der Waals surface area (Å²) in [6.07, 6.45) is 0. The highest BCUT2D eigenvalue weighted by atomic mass is 32.2. The lowest BCUT2D eigenvalue weighted by Crippen LogP contribution is -2.22. The second-order valence-corrected chi connectivity index (χ2v) is 12.6. The molecule has 2 aromatic heterocycles. The number of carbonyl (C=O) groups excluding carboxylic acids is 1. The topological polar surface area (TPSA) is 80.2 Å². The van der Waals surface area contributed by atoms with Gasteiger partial charge >= 0.3 is 0 Å². The van der Waals surface area contributed by atoms with Gasteiger partial charge in [-0.15, -0.1) is 23.1 Å². The van der Waals surface area contributed by atoms with Crippen LogP contribution in [0.3, 0.4) is 0 Å². The number of sulfonamides is 1. The number of nitrogens with zero attached hydrogens (tertiary/aromatic N) is 1. The third-order valence-corrected chi connectivity index (χ3v) is 9.80. The number of anilines is 2. The van der Waals surface area contributed by atoms with E-state index in [-0.39, 0.29) is 15.4 Å². The predicted octanol–water partition coefficient (Wildman–Crippen LogP) is 6.80. The lowest BCUT2D eigenvalue weighted by molar-refractivity contribution is -0.115. The van der Waals surface area contributed by atoms with E-state index < -0.39 is 10.0 Å². The van der Waals surface area contributed by atoms with Gasteiger partial charge in [0.05, 0.1) is 5.25 Å². The van der Waals surface area contributed by atoms with Crippen molar-refractivity contribution in [3.8, 4) is 0 Å². The molecule has 9 heteroatoms. The van der Waals surface area contributed by atoms with Gasteiger partial charge in [0, 0.05) is 44.6 Å². The fourth-order valence-corrected chi connectivity index (χ4v) is 7.12. The minimum Gasteiger partial charge on any atom is -0.341 e. The van der Waals surface area contributed by atoms with E-state index in [2.05, 4.69) is 39.7 Å². The molecule has 0 aliphatic carbocycles. The number of aromatic nitrogens is 1. The number of carbonyl (C=O) groups is 1. The number of nitrogens with one attached hydrogen (secondary N) is 2. The normalized spacial score (nSPS) is 12.6. The molecule has 0 radical (unpaired) electrons. The SMILES string of the molecule is CCn1c2ccccc2c2cc(NC(=O)C(C)Sc3ccc(NS(=O)(=O)c4cccs4)cc3)ccc21. The molecule has 184 valence electrons. The summed E-state index contributed by atoms with van der Waals surface area (Å²) in [5, 5.41) is 6.71. The molecule has 36 heavy (non-hydrogen) atoms. The van der Waals surface area contributed by atoms with Crippen molar-refractivity contribution in [2.75, 3.05) is 10.0 Å². The summed E-state index contributed by atoms with van der Waals surface area (Å²) >= 11 is 2.59. The van der Waals surface area contributed by atoms with Crippen molar-refractivity contribution in [1.82, 2.24) is 4.57 Å². The summed E-state index contributed by atoms with van der Waals surface area (Å²) in [4.78, 5) is 13.8. The van der Waals surface area contributed by atoms with Gasteiger partial charge in [0.25, 0.3) is 10.0 Å². The molecule has 1 amide bonds. The first kappa shape index (κ1) is 24.4. The number of para-hydroxylation sites is 1. The molecule has 0 aliphatic heterocycles. The molecule has 3 aromatic carbocycles. The van der Waals surface area contributed by atoms with Crippen molar-refractivity contribution < 1.29 is 13.2 Å². The number of thiophene rings is 1. The molecule has 5 rings (SSSR count). The Bertz CT molecular complexity index is 1640. The van der Waals surface area contributed by atoms with Crippen LogP contribution in [0, 0.1) is 0 Å². The summed E-state index contributed by atoms with van der Waals surface area (Å²) in [6, 6.07) is 24.6. The van der Waals surface area contributed by atoms with E-state index in [0.717, 1.165) is 28.0 Å². The van der Waals surface area contributed by atoms with E-state index in [4.69, 9.17) is 0 Å². The maximum Gasteiger partial charge on any atom is 0.271 e. The van der Waals surface area contributed by atoms with Crippen molar-refractivity contribution in [3.05, 3.63) is 84.2 Å². The van der Waals surface area contributed by atoms with Crippen LogP contribution < -0.4 is 10.0 Å². The Labute approximate surface area is 218 Å². The molecule has 5 aromatic rings. The molecule has 1 unspecified atom stereocenters. The maximum atomic E-state index is 12.9. The van der Waals surface area contributed by atoms with Gasteiger partial charge in [0.15, 0.2) is 0 Å². The number of rotatable bonds is 8. The van der Waals surface area contributed by atoms with Crippen LogP contribution in [0.1, 0.15) is 13.8 Å². The van der Waals surface area contributed by atoms with Crippen LogP contribution in [-0.4, -0.2) is 24.1 Å². The van der Waals surface area contributed by atoms with Crippen molar-refractivity contribution in [2.45, 2.75) is 34.7 Å². The molecular weight excluding hydrogens is 511 g/mol. The van der Waals surface area contributed by atoms with Crippen LogP contribution in [0.5, 0.6) is 0 Å². The van der Waals surface area contributed by atoms with Gasteiger partial charge in [0.2, 0.25) is 5.91 Å². The monoisotopic (exact) mass is 535 g/mol. The fourth-order valence-electron chi connectivity index (χ4n) is 4.20. The Kier molecular flexibility index (Phi) is 6.79. The molecule has 0 saturated heterocycles. The number of amides is 1. The maximum absolute atomic E-state index is 12.9. The molecule has 1 atom stereocenters. The van der Waals surface area contributed by atoms with Gasteiger partial charge < -0.3 is 9.88 Å². The second kappa shape index (κ2) is 10.0. The Morgan fingerprint density at radius 2 is 1.67 bits per heavy atom. The van der Waals surface area contributed by atoms with E-state index in [9.17, 15) is 13.2 Å². The second-order valence-electron chi connectivity index (χ2n) is 8.30. The lowest BCUT2D eigenvalue weighted by Gasteiger charge is -2.13. The molecule has 6 nitrogen and oxygen atoms in total. The Hall–Kier alpha value is -3.27. The van der Waals surface area contributed by atoms with Crippen LogP contribution in [0.4, 0.5) is 11.4 Å². The summed E-state index contributed by atoms with van der Waals surface area (Å²) in [5.41, 5.74) is 3.57. The lowest BCUT2D eigenvalue weighted by atomic mass is 10.1. The van der Waals surface area contributed by atoms with Crippen molar-refractivity contribution in [3.63, 3.8) is 0 Å². The van der Waals surface area contributed by atoms with E-state index in [1.54, 1.807) is 29.6 Å². The summed E-state index contributed by atoms with van der Waals surface area (Å²) in [6.45, 7) is 4.86. The third-order valence-electron chi connectivity index (χ3n) is 5.90. The Morgan fingerprint density at radius 3 is 2.39 bits per heavy atom.